The van der Waals surface area contributed by atoms with Gasteiger partial charge in [-0.25, -0.2) is 0 Å². The van der Waals surface area contributed by atoms with E-state index in [2.05, 4.69) is 134 Å². The Hall–Kier alpha value is -3.92. The second-order valence-electron chi connectivity index (χ2n) is 9.53. The maximum atomic E-state index is 2.33. The molecule has 170 valence electrons. The Labute approximate surface area is 202 Å². The summed E-state index contributed by atoms with van der Waals surface area (Å²) in [5.41, 5.74) is 15.0. The van der Waals surface area contributed by atoms with Crippen LogP contribution in [0.1, 0.15) is 11.1 Å². The van der Waals surface area contributed by atoms with Gasteiger partial charge in [-0.05, 0) is 72.5 Å². The van der Waals surface area contributed by atoms with E-state index in [4.69, 9.17) is 0 Å². The van der Waals surface area contributed by atoms with Gasteiger partial charge >= 0.3 is 0 Å². The lowest BCUT2D eigenvalue weighted by molar-refractivity contribution is 1.08. The van der Waals surface area contributed by atoms with Crippen molar-refractivity contribution in [3.63, 3.8) is 0 Å². The first-order chi connectivity index (χ1) is 16.4. The Balaban J connectivity index is 1.45. The average Bonchev–Trinajstić information content (AvgIpc) is 2.85. The molecule has 2 heterocycles. The van der Waals surface area contributed by atoms with Crippen LogP contribution in [0.4, 0.5) is 45.5 Å². The monoisotopic (exact) mass is 446 g/mol. The van der Waals surface area contributed by atoms with Gasteiger partial charge in [-0.15, -0.1) is 0 Å². The molecular formula is C30H30N4. The molecule has 4 nitrogen and oxygen atoms in total. The van der Waals surface area contributed by atoms with Crippen LogP contribution >= 0.6 is 0 Å². The van der Waals surface area contributed by atoms with Crippen LogP contribution < -0.4 is 19.6 Å². The molecule has 0 spiro atoms. The molecule has 2 aliphatic heterocycles. The van der Waals surface area contributed by atoms with E-state index < -0.39 is 0 Å². The van der Waals surface area contributed by atoms with Gasteiger partial charge in [0.2, 0.25) is 0 Å². The summed E-state index contributed by atoms with van der Waals surface area (Å²) in [5, 5.41) is 0. The third-order valence-electron chi connectivity index (χ3n) is 7.56. The van der Waals surface area contributed by atoms with E-state index in [-0.39, 0.29) is 0 Å². The van der Waals surface area contributed by atoms with E-state index in [1.807, 2.05) is 0 Å². The first-order valence-electron chi connectivity index (χ1n) is 11.8. The molecule has 4 aromatic carbocycles. The summed E-state index contributed by atoms with van der Waals surface area (Å²) in [6.07, 6.45) is 0. The quantitative estimate of drug-likeness (QED) is 0.297. The summed E-state index contributed by atoms with van der Waals surface area (Å²) in [6, 6.07) is 26.7. The molecule has 0 fully saturated rings. The fourth-order valence-corrected chi connectivity index (χ4v) is 5.71. The number of nitrogens with zero attached hydrogens (tertiary/aromatic N) is 4. The Bertz CT molecular complexity index is 1450. The van der Waals surface area contributed by atoms with Crippen molar-refractivity contribution in [3.8, 4) is 11.1 Å². The molecular weight excluding hydrogens is 416 g/mol. The lowest BCUT2D eigenvalue weighted by atomic mass is 9.98. The Morgan fingerprint density at radius 2 is 0.824 bits per heavy atom. The Morgan fingerprint density at radius 3 is 1.35 bits per heavy atom. The van der Waals surface area contributed by atoms with Crippen molar-refractivity contribution in [3.05, 3.63) is 83.9 Å². The van der Waals surface area contributed by atoms with E-state index in [0.29, 0.717) is 0 Å². The lowest BCUT2D eigenvalue weighted by Crippen LogP contribution is -2.25. The summed E-state index contributed by atoms with van der Waals surface area (Å²) < 4.78 is 0. The van der Waals surface area contributed by atoms with Crippen LogP contribution in [0.25, 0.3) is 11.1 Å². The highest BCUT2D eigenvalue weighted by Crippen LogP contribution is 2.51. The van der Waals surface area contributed by atoms with Gasteiger partial charge < -0.3 is 19.6 Å². The molecule has 0 N–H and O–H groups in total. The molecule has 4 heteroatoms. The minimum absolute atomic E-state index is 1.22. The van der Waals surface area contributed by atoms with Crippen molar-refractivity contribution in [2.75, 3.05) is 47.8 Å². The molecule has 2 aliphatic rings. The highest BCUT2D eigenvalue weighted by Gasteiger charge is 2.27. The molecule has 0 atom stereocenters. The van der Waals surface area contributed by atoms with Gasteiger partial charge in [0.05, 0.1) is 45.5 Å². The van der Waals surface area contributed by atoms with Crippen LogP contribution in [0.3, 0.4) is 0 Å². The number of aryl methyl sites for hydroxylation is 2. The molecule has 0 unspecified atom stereocenters. The van der Waals surface area contributed by atoms with Crippen molar-refractivity contribution in [2.45, 2.75) is 13.8 Å². The SMILES string of the molecule is Cc1cccc2c1N(C)c1ccc(-c3ccc4c(c3)N(C)c3c(C)cccc3N4C)cc1N2C. The summed E-state index contributed by atoms with van der Waals surface area (Å²) >= 11 is 0. The van der Waals surface area contributed by atoms with Gasteiger partial charge in [-0.1, -0.05) is 36.4 Å². The van der Waals surface area contributed by atoms with Crippen molar-refractivity contribution >= 4 is 45.5 Å². The first-order valence-corrected chi connectivity index (χ1v) is 11.8. The van der Waals surface area contributed by atoms with E-state index >= 15 is 0 Å². The third-order valence-corrected chi connectivity index (χ3v) is 7.56. The number of anilines is 8. The van der Waals surface area contributed by atoms with Crippen molar-refractivity contribution in [2.24, 2.45) is 0 Å². The van der Waals surface area contributed by atoms with Gasteiger partial charge in [0.25, 0.3) is 0 Å². The number of hydrogen-bond donors (Lipinski definition) is 0. The largest absolute Gasteiger partial charge is 0.341 e. The highest BCUT2D eigenvalue weighted by molar-refractivity contribution is 5.98. The molecule has 0 saturated carbocycles. The van der Waals surface area contributed by atoms with Gasteiger partial charge in [0, 0.05) is 28.2 Å². The van der Waals surface area contributed by atoms with Crippen molar-refractivity contribution in [1.29, 1.82) is 0 Å². The molecule has 0 aliphatic carbocycles. The summed E-state index contributed by atoms with van der Waals surface area (Å²) in [6.45, 7) is 4.37. The molecule has 0 radical (unpaired) electrons. The minimum atomic E-state index is 1.22. The van der Waals surface area contributed by atoms with Crippen molar-refractivity contribution < 1.29 is 0 Å². The zero-order chi connectivity index (χ0) is 23.7. The molecule has 6 rings (SSSR count). The topological polar surface area (TPSA) is 13.0 Å². The molecule has 0 saturated heterocycles. The van der Waals surface area contributed by atoms with E-state index in [9.17, 15) is 0 Å². The number of fused-ring (bicyclic) bond motifs is 4. The Kier molecular flexibility index (Phi) is 4.43. The molecule has 4 aromatic rings. The predicted molar refractivity (Wildman–Crippen MR) is 146 cm³/mol. The van der Waals surface area contributed by atoms with Gasteiger partial charge in [-0.3, -0.25) is 0 Å². The van der Waals surface area contributed by atoms with E-state index in [1.165, 1.54) is 67.8 Å². The number of benzene rings is 4. The van der Waals surface area contributed by atoms with Crippen LogP contribution in [0, 0.1) is 13.8 Å². The predicted octanol–water partition coefficient (Wildman–Crippen LogP) is 7.67. The zero-order valence-corrected chi connectivity index (χ0v) is 20.7. The number of para-hydroxylation sites is 2. The minimum Gasteiger partial charge on any atom is -0.341 e. The highest BCUT2D eigenvalue weighted by atomic mass is 15.3. The smallest absolute Gasteiger partial charge is 0.0679 e. The van der Waals surface area contributed by atoms with Gasteiger partial charge in [0.15, 0.2) is 0 Å². The van der Waals surface area contributed by atoms with E-state index in [1.54, 1.807) is 0 Å². The standard InChI is InChI=1S/C30H30N4/c1-19-9-8-12-26-29(19)33(5)24-16-14-21(17-27(24)32(26)4)22-13-15-23-28(18-22)34(6)30-20(2)10-7-11-25(30)31(23)3/h7-18H,1-6H3. The number of rotatable bonds is 1. The summed E-state index contributed by atoms with van der Waals surface area (Å²) in [4.78, 5) is 9.27. The van der Waals surface area contributed by atoms with Crippen molar-refractivity contribution in [1.82, 2.24) is 0 Å². The zero-order valence-electron chi connectivity index (χ0n) is 20.7. The van der Waals surface area contributed by atoms with E-state index in [0.717, 1.165) is 0 Å². The maximum absolute atomic E-state index is 2.33. The first kappa shape index (κ1) is 20.7. The summed E-state index contributed by atoms with van der Waals surface area (Å²) in [5.74, 6) is 0. The second kappa shape index (κ2) is 7.29. The summed E-state index contributed by atoms with van der Waals surface area (Å²) in [7, 11) is 8.67. The van der Waals surface area contributed by atoms with Crippen LogP contribution in [0.2, 0.25) is 0 Å². The number of hydrogen-bond acceptors (Lipinski definition) is 4. The van der Waals surface area contributed by atoms with Crippen LogP contribution in [-0.4, -0.2) is 28.2 Å². The van der Waals surface area contributed by atoms with Crippen LogP contribution in [-0.2, 0) is 0 Å². The fourth-order valence-electron chi connectivity index (χ4n) is 5.71. The molecule has 0 aromatic heterocycles. The Morgan fingerprint density at radius 1 is 0.412 bits per heavy atom. The second-order valence-corrected chi connectivity index (χ2v) is 9.53. The normalized spacial score (nSPS) is 13.9. The van der Waals surface area contributed by atoms with Gasteiger partial charge in [-0.2, -0.15) is 0 Å². The lowest BCUT2D eigenvalue weighted by Gasteiger charge is -2.38. The molecule has 0 bridgehead atoms. The third kappa shape index (κ3) is 2.78. The maximum Gasteiger partial charge on any atom is 0.0679 e. The molecule has 0 amide bonds. The van der Waals surface area contributed by atoms with Gasteiger partial charge in [0.1, 0.15) is 0 Å². The molecule has 34 heavy (non-hydrogen) atoms. The average molecular weight is 447 g/mol. The fraction of sp³-hybridized carbons (Fsp3) is 0.200. The van der Waals surface area contributed by atoms with Crippen LogP contribution in [0.15, 0.2) is 72.8 Å². The van der Waals surface area contributed by atoms with Crippen LogP contribution in [0.5, 0.6) is 0 Å².